The van der Waals surface area contributed by atoms with Crippen molar-refractivity contribution in [1.29, 1.82) is 0 Å². The van der Waals surface area contributed by atoms with Gasteiger partial charge < -0.3 is 18.9 Å². The summed E-state index contributed by atoms with van der Waals surface area (Å²) in [7, 11) is 3.18. The fourth-order valence-corrected chi connectivity index (χ4v) is 4.68. The molecule has 0 spiro atoms. The number of aromatic nitrogens is 1. The minimum Gasteiger partial charge on any atom is -0.497 e. The monoisotopic (exact) mass is 462 g/mol. The van der Waals surface area contributed by atoms with E-state index in [1.54, 1.807) is 55.5 Å². The third-order valence-corrected chi connectivity index (χ3v) is 6.57. The van der Waals surface area contributed by atoms with E-state index in [4.69, 9.17) is 30.5 Å². The molecule has 1 amide bonds. The zero-order chi connectivity index (χ0) is 21.8. The molecule has 9 heteroatoms. The number of anilines is 1. The number of hydrogen-bond acceptors (Lipinski definition) is 7. The summed E-state index contributed by atoms with van der Waals surface area (Å²) in [5.41, 5.74) is 0.635. The van der Waals surface area contributed by atoms with Crippen LogP contribution in [0.25, 0.3) is 10.2 Å². The van der Waals surface area contributed by atoms with Gasteiger partial charge in [-0.15, -0.1) is 0 Å². The summed E-state index contributed by atoms with van der Waals surface area (Å²) in [4.78, 5) is 19.5. The van der Waals surface area contributed by atoms with Crippen molar-refractivity contribution in [3.05, 3.63) is 41.4 Å². The van der Waals surface area contributed by atoms with Gasteiger partial charge in [-0.3, -0.25) is 9.69 Å². The van der Waals surface area contributed by atoms with Crippen molar-refractivity contribution in [3.63, 3.8) is 0 Å². The first kappa shape index (κ1) is 21.7. The van der Waals surface area contributed by atoms with Crippen LogP contribution in [-0.2, 0) is 9.53 Å². The summed E-state index contributed by atoms with van der Waals surface area (Å²) < 4.78 is 22.8. The summed E-state index contributed by atoms with van der Waals surface area (Å²) in [5.74, 6) is 1.71. The molecule has 1 fully saturated rings. The van der Waals surface area contributed by atoms with E-state index in [2.05, 4.69) is 4.98 Å². The quantitative estimate of drug-likeness (QED) is 0.489. The second-order valence-electron chi connectivity index (χ2n) is 7.03. The van der Waals surface area contributed by atoms with Crippen LogP contribution in [0.2, 0.25) is 5.02 Å². The highest BCUT2D eigenvalue weighted by atomic mass is 35.5. The lowest BCUT2D eigenvalue weighted by molar-refractivity contribution is -0.120. The van der Waals surface area contributed by atoms with E-state index in [1.807, 2.05) is 0 Å². The molecule has 3 aromatic rings. The van der Waals surface area contributed by atoms with Crippen LogP contribution in [0.1, 0.15) is 12.8 Å². The predicted molar refractivity (Wildman–Crippen MR) is 121 cm³/mol. The largest absolute Gasteiger partial charge is 0.497 e. The predicted octanol–water partition coefficient (Wildman–Crippen LogP) is 4.56. The number of benzene rings is 2. The van der Waals surface area contributed by atoms with Gasteiger partial charge in [0.1, 0.15) is 22.8 Å². The fraction of sp³-hybridized carbons (Fsp3) is 0.364. The Labute approximate surface area is 189 Å². The van der Waals surface area contributed by atoms with Crippen molar-refractivity contribution < 1.29 is 23.7 Å². The highest BCUT2D eigenvalue weighted by Gasteiger charge is 2.27. The first-order valence-electron chi connectivity index (χ1n) is 9.91. The molecule has 31 heavy (non-hydrogen) atoms. The number of fused-ring (bicyclic) bond motifs is 1. The number of thiazole rings is 1. The zero-order valence-corrected chi connectivity index (χ0v) is 18.9. The number of hydrogen-bond donors (Lipinski definition) is 0. The van der Waals surface area contributed by atoms with Crippen LogP contribution in [-0.4, -0.2) is 51.0 Å². The minimum atomic E-state index is -0.208. The Bertz CT molecular complexity index is 1050. The maximum atomic E-state index is 13.2. The number of nitrogens with zero attached hydrogens (tertiary/aromatic N) is 2. The van der Waals surface area contributed by atoms with E-state index in [1.165, 1.54) is 11.3 Å². The Kier molecular flexibility index (Phi) is 6.80. The average molecular weight is 463 g/mol. The maximum absolute atomic E-state index is 13.2. The molecule has 0 aliphatic carbocycles. The van der Waals surface area contributed by atoms with Crippen LogP contribution in [0.5, 0.6) is 17.2 Å². The highest BCUT2D eigenvalue weighted by molar-refractivity contribution is 7.23. The number of ether oxygens (including phenoxy) is 4. The van der Waals surface area contributed by atoms with Gasteiger partial charge in [-0.25, -0.2) is 4.98 Å². The highest BCUT2D eigenvalue weighted by Crippen LogP contribution is 2.39. The molecule has 1 aliphatic heterocycles. The van der Waals surface area contributed by atoms with Crippen LogP contribution < -0.4 is 19.1 Å². The van der Waals surface area contributed by atoms with Crippen LogP contribution >= 0.6 is 22.9 Å². The Morgan fingerprint density at radius 3 is 2.65 bits per heavy atom. The Morgan fingerprint density at radius 2 is 1.97 bits per heavy atom. The molecule has 7 nitrogen and oxygen atoms in total. The Morgan fingerprint density at radius 1 is 1.19 bits per heavy atom. The average Bonchev–Trinajstić information content (AvgIpc) is 3.47. The molecule has 164 valence electrons. The summed E-state index contributed by atoms with van der Waals surface area (Å²) >= 11 is 7.73. The van der Waals surface area contributed by atoms with Crippen LogP contribution in [0, 0.1) is 0 Å². The number of carbonyl (C=O) groups excluding carboxylic acids is 1. The molecule has 4 rings (SSSR count). The Balaban J connectivity index is 1.58. The number of methoxy groups -OCH3 is 2. The molecule has 1 aliphatic rings. The van der Waals surface area contributed by atoms with Gasteiger partial charge in [0, 0.05) is 6.61 Å². The van der Waals surface area contributed by atoms with Gasteiger partial charge in [-0.05, 0) is 49.2 Å². The molecular weight excluding hydrogens is 440 g/mol. The lowest BCUT2D eigenvalue weighted by atomic mass is 10.2. The second-order valence-corrected chi connectivity index (χ2v) is 8.41. The lowest BCUT2D eigenvalue weighted by Gasteiger charge is -2.23. The molecule has 1 atom stereocenters. The van der Waals surface area contributed by atoms with E-state index in [0.717, 1.165) is 23.3 Å². The van der Waals surface area contributed by atoms with Crippen molar-refractivity contribution >= 4 is 44.2 Å². The molecule has 2 aromatic carbocycles. The van der Waals surface area contributed by atoms with E-state index in [-0.39, 0.29) is 18.6 Å². The van der Waals surface area contributed by atoms with Crippen molar-refractivity contribution in [2.45, 2.75) is 18.9 Å². The van der Waals surface area contributed by atoms with E-state index in [0.29, 0.717) is 40.3 Å². The maximum Gasteiger partial charge on any atom is 0.266 e. The topological polar surface area (TPSA) is 70.1 Å². The molecule has 0 bridgehead atoms. The molecule has 0 saturated carbocycles. The number of rotatable bonds is 8. The van der Waals surface area contributed by atoms with Gasteiger partial charge in [0.25, 0.3) is 5.91 Å². The van der Waals surface area contributed by atoms with Crippen molar-refractivity contribution in [2.75, 3.05) is 38.9 Å². The first-order valence-corrected chi connectivity index (χ1v) is 11.1. The van der Waals surface area contributed by atoms with Crippen molar-refractivity contribution in [2.24, 2.45) is 0 Å². The van der Waals surface area contributed by atoms with E-state index >= 15 is 0 Å². The van der Waals surface area contributed by atoms with Crippen molar-refractivity contribution in [1.82, 2.24) is 4.98 Å². The summed E-state index contributed by atoms with van der Waals surface area (Å²) in [6.07, 6.45) is 1.85. The van der Waals surface area contributed by atoms with E-state index < -0.39 is 0 Å². The van der Waals surface area contributed by atoms with Crippen molar-refractivity contribution in [3.8, 4) is 17.2 Å². The van der Waals surface area contributed by atoms with Gasteiger partial charge in [-0.1, -0.05) is 22.9 Å². The standard InChI is InChI=1S/C22H23ClN2O5S/c1-27-14-5-7-15(8-6-14)30-13-19(26)25(12-16-4-3-11-29-16)22-24-20-18(28-2)10-9-17(23)21(20)31-22/h5-10,16H,3-4,11-13H2,1-2H3. The molecular formula is C22H23ClN2O5S. The SMILES string of the molecule is COc1ccc(OCC(=O)N(CC2CCCO2)c2nc3c(OC)ccc(Cl)c3s2)cc1. The number of amides is 1. The van der Waals surface area contributed by atoms with Crippen LogP contribution in [0.4, 0.5) is 5.13 Å². The lowest BCUT2D eigenvalue weighted by Crippen LogP contribution is -2.40. The van der Waals surface area contributed by atoms with Gasteiger partial charge in [0.15, 0.2) is 11.7 Å². The molecule has 1 unspecified atom stereocenters. The normalized spacial score (nSPS) is 15.8. The smallest absolute Gasteiger partial charge is 0.266 e. The third-order valence-electron chi connectivity index (χ3n) is 5.03. The summed E-state index contributed by atoms with van der Waals surface area (Å²) in [5, 5.41) is 1.11. The molecule has 0 N–H and O–H groups in total. The number of halogens is 1. The van der Waals surface area contributed by atoms with Gasteiger partial charge >= 0.3 is 0 Å². The fourth-order valence-electron chi connectivity index (χ4n) is 3.39. The summed E-state index contributed by atoms with van der Waals surface area (Å²) in [6, 6.07) is 10.6. The molecule has 1 aromatic heterocycles. The van der Waals surface area contributed by atoms with Crippen LogP contribution in [0.15, 0.2) is 36.4 Å². The minimum absolute atomic E-state index is 0.0330. The van der Waals surface area contributed by atoms with E-state index in [9.17, 15) is 4.79 Å². The molecule has 0 radical (unpaired) electrons. The first-order chi connectivity index (χ1) is 15.1. The second kappa shape index (κ2) is 9.72. The summed E-state index contributed by atoms with van der Waals surface area (Å²) in [6.45, 7) is 0.985. The van der Waals surface area contributed by atoms with Gasteiger partial charge in [-0.2, -0.15) is 0 Å². The zero-order valence-electron chi connectivity index (χ0n) is 17.3. The number of carbonyl (C=O) groups is 1. The molecule has 1 saturated heterocycles. The third kappa shape index (κ3) is 4.87. The van der Waals surface area contributed by atoms with Crippen LogP contribution in [0.3, 0.4) is 0 Å². The molecule has 2 heterocycles. The van der Waals surface area contributed by atoms with Gasteiger partial charge in [0.2, 0.25) is 0 Å². The van der Waals surface area contributed by atoms with Gasteiger partial charge in [0.05, 0.1) is 36.6 Å². The Hall–Kier alpha value is -2.55.